The normalized spacial score (nSPS) is 11.6. The van der Waals surface area contributed by atoms with E-state index in [1.54, 1.807) is 6.92 Å². The second-order valence-corrected chi connectivity index (χ2v) is 5.55. The summed E-state index contributed by atoms with van der Waals surface area (Å²) in [5, 5.41) is 11.6. The zero-order valence-electron chi connectivity index (χ0n) is 14.8. The van der Waals surface area contributed by atoms with Crippen molar-refractivity contribution >= 4 is 17.8 Å². The highest BCUT2D eigenvalue weighted by Crippen LogP contribution is 2.09. The van der Waals surface area contributed by atoms with Crippen LogP contribution in [0.25, 0.3) is 0 Å². The van der Waals surface area contributed by atoms with E-state index in [1.165, 1.54) is 30.3 Å². The quantitative estimate of drug-likeness (QED) is 0.610. The van der Waals surface area contributed by atoms with Gasteiger partial charge in [0.1, 0.15) is 5.69 Å². The van der Waals surface area contributed by atoms with Gasteiger partial charge in [-0.15, -0.1) is 0 Å². The van der Waals surface area contributed by atoms with Gasteiger partial charge in [0.25, 0.3) is 11.8 Å². The molecule has 1 aromatic rings. The van der Waals surface area contributed by atoms with E-state index < -0.39 is 11.9 Å². The number of ether oxygens (including phenoxy) is 1. The summed E-state index contributed by atoms with van der Waals surface area (Å²) in [6, 6.07) is 2.98. The van der Waals surface area contributed by atoms with Crippen molar-refractivity contribution in [1.82, 2.24) is 15.2 Å². The number of pyridine rings is 1. The van der Waals surface area contributed by atoms with E-state index in [0.717, 1.165) is 0 Å². The number of nitrogens with zero attached hydrogens (tertiary/aromatic N) is 2. The Balaban J connectivity index is 2.85. The van der Waals surface area contributed by atoms with Crippen LogP contribution in [0.1, 0.15) is 41.1 Å². The molecule has 0 spiro atoms. The minimum atomic E-state index is -0.962. The molecule has 0 radical (unpaired) electrons. The van der Waals surface area contributed by atoms with E-state index in [4.69, 9.17) is 9.84 Å². The highest BCUT2D eigenvalue weighted by Gasteiger charge is 2.22. The Morgan fingerprint density at radius 1 is 1.36 bits per heavy atom. The SMILES string of the molecule is CCOCCCN(CC(C)C(=O)O)C(=O)c1ccc(C(=O)NC)nc1. The molecule has 0 aliphatic heterocycles. The van der Waals surface area contributed by atoms with E-state index in [-0.39, 0.29) is 24.1 Å². The molecule has 0 bridgehead atoms. The summed E-state index contributed by atoms with van der Waals surface area (Å²) in [5.41, 5.74) is 0.516. The average molecular weight is 351 g/mol. The minimum absolute atomic E-state index is 0.0947. The number of hydrogen-bond acceptors (Lipinski definition) is 5. The number of carbonyl (C=O) groups is 3. The maximum Gasteiger partial charge on any atom is 0.308 e. The fraction of sp³-hybridized carbons (Fsp3) is 0.529. The first-order chi connectivity index (χ1) is 11.9. The van der Waals surface area contributed by atoms with E-state index in [2.05, 4.69) is 10.3 Å². The average Bonchev–Trinajstić information content (AvgIpc) is 2.62. The van der Waals surface area contributed by atoms with Gasteiger partial charge >= 0.3 is 5.97 Å². The maximum absolute atomic E-state index is 12.7. The lowest BCUT2D eigenvalue weighted by molar-refractivity contribution is -0.141. The fourth-order valence-electron chi connectivity index (χ4n) is 2.15. The van der Waals surface area contributed by atoms with Gasteiger partial charge in [0.2, 0.25) is 0 Å². The molecule has 8 heteroatoms. The first-order valence-electron chi connectivity index (χ1n) is 8.18. The van der Waals surface area contributed by atoms with Gasteiger partial charge in [-0.25, -0.2) is 0 Å². The Morgan fingerprint density at radius 3 is 2.60 bits per heavy atom. The van der Waals surface area contributed by atoms with Crippen LogP contribution in [0.5, 0.6) is 0 Å². The number of aliphatic carboxylic acids is 1. The van der Waals surface area contributed by atoms with Crippen LogP contribution in [0.2, 0.25) is 0 Å². The molecular formula is C17H25N3O5. The molecule has 1 aromatic heterocycles. The van der Waals surface area contributed by atoms with Crippen molar-refractivity contribution in [2.45, 2.75) is 20.3 Å². The van der Waals surface area contributed by atoms with Crippen LogP contribution in [-0.2, 0) is 9.53 Å². The molecule has 0 aromatic carbocycles. The number of amides is 2. The van der Waals surface area contributed by atoms with Gasteiger partial charge in [-0.2, -0.15) is 0 Å². The lowest BCUT2D eigenvalue weighted by Crippen LogP contribution is -2.38. The van der Waals surface area contributed by atoms with Crippen LogP contribution < -0.4 is 5.32 Å². The second kappa shape index (κ2) is 10.4. The Bertz CT molecular complexity index is 588. The molecule has 25 heavy (non-hydrogen) atoms. The van der Waals surface area contributed by atoms with Crippen molar-refractivity contribution in [1.29, 1.82) is 0 Å². The number of aromatic nitrogens is 1. The molecule has 2 amide bonds. The van der Waals surface area contributed by atoms with Gasteiger partial charge in [0.15, 0.2) is 0 Å². The van der Waals surface area contributed by atoms with Crippen molar-refractivity contribution < 1.29 is 24.2 Å². The van der Waals surface area contributed by atoms with Gasteiger partial charge in [0, 0.05) is 39.5 Å². The predicted octanol–water partition coefficient (Wildman–Crippen LogP) is 1.03. The fourth-order valence-corrected chi connectivity index (χ4v) is 2.15. The molecule has 0 fully saturated rings. The van der Waals surface area contributed by atoms with Gasteiger partial charge in [-0.05, 0) is 25.5 Å². The summed E-state index contributed by atoms with van der Waals surface area (Å²) >= 11 is 0. The molecule has 0 aliphatic rings. The molecule has 0 aliphatic carbocycles. The summed E-state index contributed by atoms with van der Waals surface area (Å²) in [4.78, 5) is 40.7. The zero-order valence-corrected chi connectivity index (χ0v) is 14.8. The van der Waals surface area contributed by atoms with Crippen LogP contribution in [-0.4, -0.2) is 66.1 Å². The smallest absolute Gasteiger partial charge is 0.308 e. The van der Waals surface area contributed by atoms with Gasteiger partial charge < -0.3 is 20.1 Å². The van der Waals surface area contributed by atoms with Gasteiger partial charge in [0.05, 0.1) is 11.5 Å². The van der Waals surface area contributed by atoms with Crippen molar-refractivity contribution in [3.8, 4) is 0 Å². The Morgan fingerprint density at radius 2 is 2.08 bits per heavy atom. The van der Waals surface area contributed by atoms with Crippen LogP contribution in [0.3, 0.4) is 0 Å². The van der Waals surface area contributed by atoms with Gasteiger partial charge in [-0.3, -0.25) is 19.4 Å². The van der Waals surface area contributed by atoms with Crippen molar-refractivity contribution in [3.05, 3.63) is 29.6 Å². The second-order valence-electron chi connectivity index (χ2n) is 5.55. The van der Waals surface area contributed by atoms with Gasteiger partial charge in [-0.1, -0.05) is 6.92 Å². The number of hydrogen-bond donors (Lipinski definition) is 2. The molecule has 1 rings (SSSR count). The molecule has 1 heterocycles. The molecule has 1 unspecified atom stereocenters. The molecule has 138 valence electrons. The summed E-state index contributed by atoms with van der Waals surface area (Å²) in [7, 11) is 1.50. The minimum Gasteiger partial charge on any atom is -0.481 e. The summed E-state index contributed by atoms with van der Waals surface area (Å²) in [6.07, 6.45) is 1.93. The number of carboxylic acid groups (broad SMARTS) is 1. The maximum atomic E-state index is 12.7. The van der Waals surface area contributed by atoms with Crippen molar-refractivity contribution in [2.24, 2.45) is 5.92 Å². The third-order valence-corrected chi connectivity index (χ3v) is 3.59. The highest BCUT2D eigenvalue weighted by atomic mass is 16.5. The Kier molecular flexibility index (Phi) is 8.55. The van der Waals surface area contributed by atoms with Crippen LogP contribution >= 0.6 is 0 Å². The van der Waals surface area contributed by atoms with E-state index >= 15 is 0 Å². The molecule has 0 saturated carbocycles. The monoisotopic (exact) mass is 351 g/mol. The Labute approximate surface area is 147 Å². The predicted molar refractivity (Wildman–Crippen MR) is 91.4 cm³/mol. The standard InChI is InChI=1S/C17H25N3O5/c1-4-25-9-5-8-20(11-12(2)17(23)24)16(22)13-6-7-14(19-10-13)15(21)18-3/h6-7,10,12H,4-5,8-9,11H2,1-3H3,(H,18,21)(H,23,24). The highest BCUT2D eigenvalue weighted by molar-refractivity contribution is 5.96. The van der Waals surface area contributed by atoms with Crippen molar-refractivity contribution in [2.75, 3.05) is 33.4 Å². The molecular weight excluding hydrogens is 326 g/mol. The largest absolute Gasteiger partial charge is 0.481 e. The summed E-state index contributed by atoms with van der Waals surface area (Å²) in [6.45, 7) is 5.00. The van der Waals surface area contributed by atoms with E-state index in [9.17, 15) is 14.4 Å². The third-order valence-electron chi connectivity index (χ3n) is 3.59. The molecule has 0 saturated heterocycles. The molecule has 1 atom stereocenters. The third kappa shape index (κ3) is 6.50. The first kappa shape index (κ1) is 20.6. The van der Waals surface area contributed by atoms with Crippen LogP contribution in [0.4, 0.5) is 0 Å². The van der Waals surface area contributed by atoms with E-state index in [0.29, 0.717) is 31.7 Å². The number of rotatable bonds is 10. The van der Waals surface area contributed by atoms with Crippen LogP contribution in [0.15, 0.2) is 18.3 Å². The summed E-state index contributed by atoms with van der Waals surface area (Å²) in [5.74, 6) is -2.31. The van der Waals surface area contributed by atoms with E-state index in [1.807, 2.05) is 6.92 Å². The number of carbonyl (C=O) groups excluding carboxylic acids is 2. The van der Waals surface area contributed by atoms with Crippen molar-refractivity contribution in [3.63, 3.8) is 0 Å². The molecule has 2 N–H and O–H groups in total. The lowest BCUT2D eigenvalue weighted by Gasteiger charge is -2.24. The number of nitrogens with one attached hydrogen (secondary N) is 1. The molecule has 8 nitrogen and oxygen atoms in total. The Hall–Kier alpha value is -2.48. The van der Waals surface area contributed by atoms with Crippen LogP contribution in [0, 0.1) is 5.92 Å². The zero-order chi connectivity index (χ0) is 18.8. The lowest BCUT2D eigenvalue weighted by atomic mass is 10.1. The topological polar surface area (TPSA) is 109 Å². The first-order valence-corrected chi connectivity index (χ1v) is 8.18. The number of carboxylic acids is 1. The summed E-state index contributed by atoms with van der Waals surface area (Å²) < 4.78 is 5.27.